The van der Waals surface area contributed by atoms with Gasteiger partial charge in [0.2, 0.25) is 5.91 Å². The first-order chi connectivity index (χ1) is 36.7. The number of hydrogen-bond donors (Lipinski definition) is 0. The van der Waals surface area contributed by atoms with Gasteiger partial charge in [-0.25, -0.2) is 4.67 Å². The van der Waals surface area contributed by atoms with Gasteiger partial charge in [0.05, 0.1) is 64.2 Å². The number of hydrogen-bond acceptors (Lipinski definition) is 10. The summed E-state index contributed by atoms with van der Waals surface area (Å²) in [5.74, 6) is 7.40. The Morgan fingerprint density at radius 2 is 1.50 bits per heavy atom. The molecular weight excluding hydrogens is 968 g/mol. The third-order valence-corrected chi connectivity index (χ3v) is 20.5. The molecule has 3 aromatic carbocycles. The average Bonchev–Trinajstić information content (AvgIpc) is 4.09. The molecule has 12 heteroatoms. The molecular formula is C64H91N4O7P. The number of benzene rings is 3. The van der Waals surface area contributed by atoms with E-state index in [9.17, 15) is 10.1 Å². The average molecular weight is 1060 g/mol. The first-order valence-corrected chi connectivity index (χ1v) is 30.2. The van der Waals surface area contributed by atoms with Crippen molar-refractivity contribution in [2.45, 2.75) is 175 Å². The standard InChI is InChI=1S/C64H91N4O7P/c1-44(2)16-14-17-47(7)57-30-31-59-58(57)32-33-61-60(59)29-24-51-40-52(34-36-63(51,61)8)66-73-39-35-62(69)67-42-56(75-76(74-38-15-37-65)68(45(3)4)46(5)6)41-53(67)43-72-64(48-18-12-11-13-19-48,49-20-25-54(70-9)26-21-49)50-22-27-55(71-10)28-23-50/h11-13,18-28,44-47,53,56-61H,14-17,29-36,38-43H2,1-10H3/t47-,53+,56-,57-,58?,59?,60?,61?,63+,76?/m1/s1. The fraction of sp³-hybridized carbons (Fsp3) is 0.641. The van der Waals surface area contributed by atoms with Gasteiger partial charge in [-0.1, -0.05) is 118 Å². The summed E-state index contributed by atoms with van der Waals surface area (Å²) in [5, 5.41) is 14.2. The van der Waals surface area contributed by atoms with Gasteiger partial charge in [-0.3, -0.25) is 4.79 Å². The first-order valence-electron chi connectivity index (χ1n) is 29.1. The molecule has 0 bridgehead atoms. The number of fused-ring (bicyclic) bond motifs is 5. The number of nitrogens with zero attached hydrogens (tertiary/aromatic N) is 4. The third kappa shape index (κ3) is 13.1. The van der Waals surface area contributed by atoms with Gasteiger partial charge in [0.25, 0.3) is 8.53 Å². The van der Waals surface area contributed by atoms with Crippen molar-refractivity contribution in [1.29, 1.82) is 5.26 Å². The minimum Gasteiger partial charge on any atom is -0.497 e. The van der Waals surface area contributed by atoms with E-state index in [1.54, 1.807) is 19.8 Å². The molecule has 10 atom stereocenters. The fourth-order valence-electron chi connectivity index (χ4n) is 14.6. The summed E-state index contributed by atoms with van der Waals surface area (Å²) in [5.41, 5.74) is 4.61. The van der Waals surface area contributed by atoms with Gasteiger partial charge >= 0.3 is 0 Å². The second kappa shape index (κ2) is 26.6. The van der Waals surface area contributed by atoms with Gasteiger partial charge in [-0.2, -0.15) is 5.26 Å². The van der Waals surface area contributed by atoms with Crippen molar-refractivity contribution in [3.05, 3.63) is 107 Å². The van der Waals surface area contributed by atoms with E-state index < -0.39 is 14.1 Å². The van der Waals surface area contributed by atoms with E-state index in [2.05, 4.69) is 109 Å². The van der Waals surface area contributed by atoms with E-state index in [-0.39, 0.29) is 68.2 Å². The van der Waals surface area contributed by atoms with Crippen LogP contribution in [-0.4, -0.2) is 86.0 Å². The fourth-order valence-corrected chi connectivity index (χ4v) is 16.3. The number of nitriles is 1. The van der Waals surface area contributed by atoms with Crippen molar-refractivity contribution in [2.75, 3.05) is 40.6 Å². The number of methoxy groups -OCH3 is 2. The van der Waals surface area contributed by atoms with Crippen molar-refractivity contribution in [3.8, 4) is 17.6 Å². The van der Waals surface area contributed by atoms with E-state index in [1.807, 2.05) is 47.4 Å². The smallest absolute Gasteiger partial charge is 0.259 e. The second-order valence-electron chi connectivity index (χ2n) is 24.0. The molecule has 5 unspecified atom stereocenters. The lowest BCUT2D eigenvalue weighted by Crippen LogP contribution is -2.47. The predicted octanol–water partition coefficient (Wildman–Crippen LogP) is 14.7. The molecule has 3 aromatic rings. The van der Waals surface area contributed by atoms with Gasteiger partial charge in [0.1, 0.15) is 23.7 Å². The Labute approximate surface area is 458 Å². The maximum atomic E-state index is 14.7. The zero-order valence-corrected chi connectivity index (χ0v) is 48.6. The van der Waals surface area contributed by atoms with Gasteiger partial charge < -0.3 is 33.0 Å². The molecule has 1 aliphatic heterocycles. The molecule has 0 aromatic heterocycles. The van der Waals surface area contributed by atoms with Crippen LogP contribution in [0.1, 0.15) is 162 Å². The van der Waals surface area contributed by atoms with E-state index in [0.717, 1.165) is 94.6 Å². The molecule has 0 radical (unpaired) electrons. The predicted molar refractivity (Wildman–Crippen MR) is 305 cm³/mol. The quantitative estimate of drug-likeness (QED) is 0.0269. The van der Waals surface area contributed by atoms with Crippen LogP contribution < -0.4 is 9.47 Å². The molecule has 0 N–H and O–H groups in total. The summed E-state index contributed by atoms with van der Waals surface area (Å²) in [4.78, 5) is 22.8. The summed E-state index contributed by atoms with van der Waals surface area (Å²) in [6.07, 6.45) is 17.2. The SMILES string of the molecule is COc1ccc(C(OC[C@@H]2C[C@@H](OP(OCCC#N)N(C(C)C)C(C)C)CN2C(=O)CCON=C2CC[C@@]3(C)C(=CCC4C5CC[C@H]([C@H](C)CCCC(C)C)C5CCC43)C2)(c2ccccc2)c2ccc(OC)cc2)cc1. The highest BCUT2D eigenvalue weighted by Crippen LogP contribution is 2.63. The lowest BCUT2D eigenvalue weighted by atomic mass is 9.50. The van der Waals surface area contributed by atoms with Crippen molar-refractivity contribution in [3.63, 3.8) is 0 Å². The summed E-state index contributed by atoms with van der Waals surface area (Å²) in [6.45, 7) is 19.4. The minimum atomic E-state index is -1.55. The summed E-state index contributed by atoms with van der Waals surface area (Å²) >= 11 is 0. The van der Waals surface area contributed by atoms with Crippen molar-refractivity contribution < 1.29 is 32.9 Å². The van der Waals surface area contributed by atoms with Crippen LogP contribution in [0.3, 0.4) is 0 Å². The van der Waals surface area contributed by atoms with Crippen LogP contribution >= 0.6 is 8.53 Å². The molecule has 5 aliphatic rings. The van der Waals surface area contributed by atoms with Crippen LogP contribution in [0.25, 0.3) is 0 Å². The number of rotatable bonds is 25. The Hall–Kier alpha value is -4.30. The normalized spacial score (nSPS) is 26.8. The monoisotopic (exact) mass is 1060 g/mol. The maximum Gasteiger partial charge on any atom is 0.259 e. The third-order valence-electron chi connectivity index (χ3n) is 18.4. The number of carbonyl (C=O) groups is 1. The largest absolute Gasteiger partial charge is 0.497 e. The summed E-state index contributed by atoms with van der Waals surface area (Å²) < 4.78 is 34.2. The van der Waals surface area contributed by atoms with Crippen LogP contribution in [-0.2, 0) is 29.0 Å². The minimum absolute atomic E-state index is 0.0367. The van der Waals surface area contributed by atoms with Crippen LogP contribution in [0.5, 0.6) is 11.5 Å². The number of carbonyl (C=O) groups excluding carboxylic acids is 1. The topological polar surface area (TPSA) is 115 Å². The summed E-state index contributed by atoms with van der Waals surface area (Å²) in [7, 11) is 1.79. The number of ether oxygens (including phenoxy) is 3. The highest BCUT2D eigenvalue weighted by atomic mass is 31.2. The maximum absolute atomic E-state index is 14.7. The van der Waals surface area contributed by atoms with Crippen molar-refractivity contribution in [2.24, 2.45) is 52.0 Å². The molecule has 1 saturated heterocycles. The van der Waals surface area contributed by atoms with Crippen LogP contribution in [0.4, 0.5) is 0 Å². The molecule has 414 valence electrons. The Kier molecular flexibility index (Phi) is 20.2. The van der Waals surface area contributed by atoms with Crippen LogP contribution in [0.2, 0.25) is 0 Å². The molecule has 1 heterocycles. The number of allylic oxidation sites excluding steroid dienone is 2. The molecule has 8 rings (SSSR count). The van der Waals surface area contributed by atoms with Crippen molar-refractivity contribution >= 4 is 20.1 Å². The van der Waals surface area contributed by atoms with E-state index in [4.69, 9.17) is 33.3 Å². The Bertz CT molecular complexity index is 2370. The zero-order chi connectivity index (χ0) is 54.0. The Morgan fingerprint density at radius 1 is 0.842 bits per heavy atom. The first kappa shape index (κ1) is 57.9. The molecule has 11 nitrogen and oxygen atoms in total. The number of likely N-dealkylation sites (tertiary alicyclic amines) is 1. The lowest BCUT2D eigenvalue weighted by molar-refractivity contribution is -0.135. The molecule has 1 amide bonds. The molecule has 4 aliphatic carbocycles. The zero-order valence-electron chi connectivity index (χ0n) is 47.8. The van der Waals surface area contributed by atoms with Crippen LogP contribution in [0.15, 0.2) is 95.7 Å². The highest BCUT2D eigenvalue weighted by molar-refractivity contribution is 7.44. The molecule has 0 spiro atoms. The Morgan fingerprint density at radius 3 is 2.13 bits per heavy atom. The van der Waals surface area contributed by atoms with E-state index >= 15 is 0 Å². The number of amides is 1. The van der Waals surface area contributed by atoms with Gasteiger partial charge in [0, 0.05) is 25.0 Å². The van der Waals surface area contributed by atoms with E-state index in [0.29, 0.717) is 13.0 Å². The number of oxime groups is 1. The van der Waals surface area contributed by atoms with Crippen LogP contribution in [0, 0.1) is 58.2 Å². The highest BCUT2D eigenvalue weighted by Gasteiger charge is 2.54. The van der Waals surface area contributed by atoms with Gasteiger partial charge in [0.15, 0.2) is 0 Å². The molecule has 76 heavy (non-hydrogen) atoms. The van der Waals surface area contributed by atoms with Gasteiger partial charge in [-0.05, 0) is 167 Å². The summed E-state index contributed by atoms with van der Waals surface area (Å²) in [6, 6.07) is 28.4. The lowest BCUT2D eigenvalue weighted by Gasteiger charge is -2.55. The van der Waals surface area contributed by atoms with Crippen molar-refractivity contribution in [1.82, 2.24) is 9.57 Å². The van der Waals surface area contributed by atoms with Gasteiger partial charge in [-0.15, -0.1) is 0 Å². The molecule has 3 saturated carbocycles. The Balaban J connectivity index is 0.981. The molecule has 4 fully saturated rings. The van der Waals surface area contributed by atoms with E-state index in [1.165, 1.54) is 51.4 Å². The second-order valence-corrected chi connectivity index (χ2v) is 25.5.